The van der Waals surface area contributed by atoms with Crippen molar-refractivity contribution >= 4 is 29.1 Å². The fraction of sp³-hybridized carbons (Fsp3) is 0.278. The van der Waals surface area contributed by atoms with Crippen LogP contribution in [0.1, 0.15) is 36.3 Å². The first-order chi connectivity index (χ1) is 13.0. The summed E-state index contributed by atoms with van der Waals surface area (Å²) in [4.78, 5) is 43.8. The van der Waals surface area contributed by atoms with Gasteiger partial charge in [0.1, 0.15) is 5.82 Å². The summed E-state index contributed by atoms with van der Waals surface area (Å²) in [7, 11) is 0. The molecule has 0 saturated carbocycles. The first-order valence-corrected chi connectivity index (χ1v) is 9.68. The Kier molecular flexibility index (Phi) is 4.31. The van der Waals surface area contributed by atoms with Crippen molar-refractivity contribution in [1.29, 1.82) is 0 Å². The van der Waals surface area contributed by atoms with Crippen LogP contribution in [0.2, 0.25) is 0 Å². The van der Waals surface area contributed by atoms with Crippen LogP contribution in [0.4, 0.5) is 11.5 Å². The third-order valence-electron chi connectivity index (χ3n) is 4.87. The number of para-hydroxylation sites is 1. The number of aromatic nitrogens is 2. The molecule has 9 heteroatoms. The lowest BCUT2D eigenvalue weighted by molar-refractivity contribution is -0.385. The van der Waals surface area contributed by atoms with Gasteiger partial charge >= 0.3 is 0 Å². The fourth-order valence-electron chi connectivity index (χ4n) is 3.75. The number of Topliss-reactive ketones (excluding diaryl/α,β-unsaturated/α-hetero) is 1. The molecule has 0 saturated heterocycles. The smallest absolute Gasteiger partial charge is 0.273 e. The average molecular weight is 384 g/mol. The van der Waals surface area contributed by atoms with Crippen LogP contribution in [0.25, 0.3) is 0 Å². The Morgan fingerprint density at radius 2 is 2.04 bits per heavy atom. The molecule has 2 heterocycles. The molecule has 2 aromatic rings. The number of rotatable bonds is 3. The van der Waals surface area contributed by atoms with Crippen molar-refractivity contribution in [1.82, 2.24) is 9.97 Å². The van der Waals surface area contributed by atoms with Gasteiger partial charge in [-0.2, -0.15) is 0 Å². The molecule has 1 aliphatic carbocycles. The molecule has 1 aliphatic heterocycles. The highest BCUT2D eigenvalue weighted by molar-refractivity contribution is 7.98. The number of hydrogen-bond acceptors (Lipinski definition) is 7. The normalized spacial score (nSPS) is 18.6. The first kappa shape index (κ1) is 17.5. The molecular formula is C18H16N4O4S. The fourth-order valence-corrected chi connectivity index (χ4v) is 4.12. The van der Waals surface area contributed by atoms with Crippen molar-refractivity contribution in [2.75, 3.05) is 11.6 Å². The molecule has 1 aromatic carbocycles. The third kappa shape index (κ3) is 2.84. The third-order valence-corrected chi connectivity index (χ3v) is 5.45. The molecule has 0 fully saturated rings. The number of aromatic amines is 1. The SMILES string of the molecule is CSc1nc2c(c(=O)[nH]1)[C@@H](c1ccccc1[N+](=O)[O-])C1=C(CCCC1=O)N2. The zero-order valence-electron chi connectivity index (χ0n) is 14.4. The lowest BCUT2D eigenvalue weighted by atomic mass is 9.76. The number of nitrogens with zero attached hydrogens (tertiary/aromatic N) is 2. The topological polar surface area (TPSA) is 118 Å². The summed E-state index contributed by atoms with van der Waals surface area (Å²) in [6.07, 6.45) is 3.49. The second-order valence-corrected chi connectivity index (χ2v) is 7.18. The zero-order valence-corrected chi connectivity index (χ0v) is 15.3. The standard InChI is InChI=1S/C18H16N4O4S/c1-27-18-20-16-15(17(24)21-18)13(9-5-2-3-7-11(9)22(25)26)14-10(19-16)6-4-8-12(14)23/h2-3,5,7,13H,4,6,8H2,1H3,(H2,19,20,21,24)/t13-/m0/s1. The van der Waals surface area contributed by atoms with Crippen LogP contribution < -0.4 is 10.9 Å². The highest BCUT2D eigenvalue weighted by atomic mass is 32.2. The Bertz CT molecular complexity index is 1060. The largest absolute Gasteiger partial charge is 0.343 e. The van der Waals surface area contributed by atoms with Gasteiger partial charge in [-0.15, -0.1) is 0 Å². The molecule has 1 atom stereocenters. The number of H-pyrrole nitrogens is 1. The van der Waals surface area contributed by atoms with Gasteiger partial charge in [-0.05, 0) is 19.1 Å². The number of ketones is 1. The molecule has 0 bridgehead atoms. The predicted molar refractivity (Wildman–Crippen MR) is 101 cm³/mol. The number of hydrogen-bond donors (Lipinski definition) is 2. The summed E-state index contributed by atoms with van der Waals surface area (Å²) in [5.41, 5.74) is 1.20. The molecule has 8 nitrogen and oxygen atoms in total. The molecule has 2 N–H and O–H groups in total. The van der Waals surface area contributed by atoms with Gasteiger partial charge in [-0.3, -0.25) is 19.7 Å². The predicted octanol–water partition coefficient (Wildman–Crippen LogP) is 2.96. The minimum absolute atomic E-state index is 0.0918. The van der Waals surface area contributed by atoms with Crippen molar-refractivity contribution in [3.05, 3.63) is 67.1 Å². The van der Waals surface area contributed by atoms with Crippen LogP contribution in [0, 0.1) is 10.1 Å². The van der Waals surface area contributed by atoms with E-state index in [4.69, 9.17) is 0 Å². The van der Waals surface area contributed by atoms with Crippen LogP contribution in [0.15, 0.2) is 45.5 Å². The summed E-state index contributed by atoms with van der Waals surface area (Å²) < 4.78 is 0. The minimum Gasteiger partial charge on any atom is -0.343 e. The molecule has 0 unspecified atom stereocenters. The Morgan fingerprint density at radius 3 is 2.78 bits per heavy atom. The molecule has 0 radical (unpaired) electrons. The maximum atomic E-state index is 12.8. The van der Waals surface area contributed by atoms with Crippen LogP contribution >= 0.6 is 11.8 Å². The van der Waals surface area contributed by atoms with E-state index in [1.165, 1.54) is 17.8 Å². The van der Waals surface area contributed by atoms with E-state index in [0.29, 0.717) is 47.1 Å². The number of carbonyl (C=O) groups excluding carboxylic acids is 1. The summed E-state index contributed by atoms with van der Waals surface area (Å²) >= 11 is 1.29. The Labute approximate surface area is 158 Å². The maximum Gasteiger partial charge on any atom is 0.273 e. The molecule has 1 aromatic heterocycles. The number of thioether (sulfide) groups is 1. The van der Waals surface area contributed by atoms with E-state index in [9.17, 15) is 19.7 Å². The van der Waals surface area contributed by atoms with Crippen molar-refractivity contribution in [2.45, 2.75) is 30.3 Å². The van der Waals surface area contributed by atoms with Gasteiger partial charge in [-0.25, -0.2) is 4.98 Å². The van der Waals surface area contributed by atoms with Crippen molar-refractivity contribution < 1.29 is 9.72 Å². The van der Waals surface area contributed by atoms with E-state index in [2.05, 4.69) is 15.3 Å². The van der Waals surface area contributed by atoms with E-state index in [1.807, 2.05) is 0 Å². The molecule has 2 aliphatic rings. The van der Waals surface area contributed by atoms with Gasteiger partial charge in [0.05, 0.1) is 16.4 Å². The Balaban J connectivity index is 2.04. The van der Waals surface area contributed by atoms with Crippen molar-refractivity contribution in [3.63, 3.8) is 0 Å². The second kappa shape index (κ2) is 6.66. The summed E-state index contributed by atoms with van der Waals surface area (Å²) in [6.45, 7) is 0. The van der Waals surface area contributed by atoms with Crippen LogP contribution in [0.3, 0.4) is 0 Å². The Morgan fingerprint density at radius 1 is 1.26 bits per heavy atom. The zero-order chi connectivity index (χ0) is 19.1. The maximum absolute atomic E-state index is 12.8. The van der Waals surface area contributed by atoms with Crippen molar-refractivity contribution in [2.24, 2.45) is 0 Å². The Hall–Kier alpha value is -2.94. The van der Waals surface area contributed by atoms with Gasteiger partial charge in [0, 0.05) is 29.3 Å². The lowest BCUT2D eigenvalue weighted by Gasteiger charge is -2.32. The first-order valence-electron chi connectivity index (χ1n) is 8.46. The van der Waals surface area contributed by atoms with Gasteiger partial charge in [0.2, 0.25) is 0 Å². The summed E-state index contributed by atoms with van der Waals surface area (Å²) in [5.74, 6) is -0.539. The van der Waals surface area contributed by atoms with Gasteiger partial charge in [0.25, 0.3) is 11.2 Å². The summed E-state index contributed by atoms with van der Waals surface area (Å²) in [5, 5.41) is 15.2. The average Bonchev–Trinajstić information content (AvgIpc) is 2.66. The minimum atomic E-state index is -0.808. The van der Waals surface area contributed by atoms with Gasteiger partial charge in [-0.1, -0.05) is 30.0 Å². The molecule has 0 amide bonds. The number of nitro groups is 1. The van der Waals surface area contributed by atoms with Crippen molar-refractivity contribution in [3.8, 4) is 0 Å². The van der Waals surface area contributed by atoms with Crippen LogP contribution in [-0.2, 0) is 4.79 Å². The number of allylic oxidation sites excluding steroid dienone is 2. The van der Waals surface area contributed by atoms with E-state index >= 15 is 0 Å². The number of anilines is 1. The van der Waals surface area contributed by atoms with Gasteiger partial charge < -0.3 is 10.3 Å². The van der Waals surface area contributed by atoms with Crippen LogP contribution in [0.5, 0.6) is 0 Å². The summed E-state index contributed by atoms with van der Waals surface area (Å²) in [6, 6.07) is 6.24. The lowest BCUT2D eigenvalue weighted by Crippen LogP contribution is -2.33. The van der Waals surface area contributed by atoms with Crippen LogP contribution in [-0.4, -0.2) is 26.9 Å². The van der Waals surface area contributed by atoms with E-state index < -0.39 is 16.4 Å². The monoisotopic (exact) mass is 384 g/mol. The molecule has 27 heavy (non-hydrogen) atoms. The number of benzene rings is 1. The molecule has 0 spiro atoms. The number of carbonyl (C=O) groups is 1. The van der Waals surface area contributed by atoms with E-state index in [-0.39, 0.29) is 17.0 Å². The van der Waals surface area contributed by atoms with E-state index in [1.54, 1.807) is 24.5 Å². The molecule has 138 valence electrons. The number of nitrogens with one attached hydrogen (secondary N) is 2. The van der Waals surface area contributed by atoms with E-state index in [0.717, 1.165) is 0 Å². The molecular weight excluding hydrogens is 368 g/mol. The highest BCUT2D eigenvalue weighted by Gasteiger charge is 2.40. The highest BCUT2D eigenvalue weighted by Crippen LogP contribution is 2.45. The van der Waals surface area contributed by atoms with Gasteiger partial charge in [0.15, 0.2) is 10.9 Å². The number of fused-ring (bicyclic) bond motifs is 1. The second-order valence-electron chi connectivity index (χ2n) is 6.38. The quantitative estimate of drug-likeness (QED) is 0.361. The number of nitro benzene ring substituents is 1. The molecule has 4 rings (SSSR count).